The molecule has 0 bridgehead atoms. The number of halogens is 1. The van der Waals surface area contributed by atoms with E-state index in [0.29, 0.717) is 5.02 Å². The molecule has 0 spiro atoms. The van der Waals surface area contributed by atoms with Gasteiger partial charge >= 0.3 is 5.97 Å². The van der Waals surface area contributed by atoms with Gasteiger partial charge in [-0.25, -0.2) is 4.79 Å². The Balaban J connectivity index is 3.40. The van der Waals surface area contributed by atoms with E-state index in [4.69, 9.17) is 16.9 Å². The molecule has 0 fully saturated rings. The maximum atomic E-state index is 11.2. The highest BCUT2D eigenvalue weighted by Gasteiger charge is 2.15. The van der Waals surface area contributed by atoms with Crippen molar-refractivity contribution < 1.29 is 9.53 Å². The minimum Gasteiger partial charge on any atom is -0.465 e. The number of benzene rings is 1. The van der Waals surface area contributed by atoms with E-state index < -0.39 is 5.97 Å². The molecule has 1 aromatic rings. The Morgan fingerprint density at radius 2 is 2.29 bits per heavy atom. The molecule has 0 aliphatic rings. The zero-order chi connectivity index (χ0) is 10.7. The van der Waals surface area contributed by atoms with E-state index in [1.54, 1.807) is 0 Å². The van der Waals surface area contributed by atoms with Crippen molar-refractivity contribution in [2.45, 2.75) is 4.90 Å². The zero-order valence-corrected chi connectivity index (χ0v) is 8.89. The molecule has 0 radical (unpaired) electrons. The Kier molecular flexibility index (Phi) is 3.39. The molecular formula is C9H6ClNO2S. The number of nitriles is 1. The first-order chi connectivity index (χ1) is 6.61. The van der Waals surface area contributed by atoms with Gasteiger partial charge < -0.3 is 4.74 Å². The van der Waals surface area contributed by atoms with Crippen molar-refractivity contribution in [1.29, 1.82) is 5.26 Å². The average Bonchev–Trinajstić information content (AvgIpc) is 2.20. The topological polar surface area (TPSA) is 50.1 Å². The summed E-state index contributed by atoms with van der Waals surface area (Å²) in [6.45, 7) is 0. The summed E-state index contributed by atoms with van der Waals surface area (Å²) in [4.78, 5) is 11.5. The maximum Gasteiger partial charge on any atom is 0.339 e. The van der Waals surface area contributed by atoms with Gasteiger partial charge in [0.15, 0.2) is 0 Å². The van der Waals surface area contributed by atoms with Crippen LogP contribution in [0.2, 0.25) is 5.02 Å². The largest absolute Gasteiger partial charge is 0.465 e. The van der Waals surface area contributed by atoms with Gasteiger partial charge in [-0.3, -0.25) is 0 Å². The second-order valence-corrected chi connectivity index (χ2v) is 3.28. The first-order valence-corrected chi connectivity index (χ1v) is 4.44. The van der Waals surface area contributed by atoms with Gasteiger partial charge in [0, 0.05) is 4.90 Å². The Morgan fingerprint density at radius 1 is 1.64 bits per heavy atom. The third-order valence-corrected chi connectivity index (χ3v) is 2.56. The molecule has 0 saturated carbocycles. The van der Waals surface area contributed by atoms with Gasteiger partial charge in [-0.05, 0) is 12.1 Å². The van der Waals surface area contributed by atoms with E-state index in [1.807, 2.05) is 6.07 Å². The van der Waals surface area contributed by atoms with E-state index in [1.165, 1.54) is 19.2 Å². The molecule has 3 nitrogen and oxygen atoms in total. The fourth-order valence-electron chi connectivity index (χ4n) is 0.959. The van der Waals surface area contributed by atoms with Crippen molar-refractivity contribution in [3.05, 3.63) is 28.3 Å². The second-order valence-electron chi connectivity index (χ2n) is 2.42. The molecule has 0 amide bonds. The summed E-state index contributed by atoms with van der Waals surface area (Å²) in [5, 5.41) is 9.13. The van der Waals surface area contributed by atoms with Gasteiger partial charge in [0.1, 0.15) is 6.07 Å². The summed E-state index contributed by atoms with van der Waals surface area (Å²) in [5.41, 5.74) is 0.303. The first kappa shape index (κ1) is 10.9. The number of nitrogens with zero attached hydrogens (tertiary/aromatic N) is 1. The predicted octanol–water partition coefficient (Wildman–Crippen LogP) is 2.29. The Hall–Kier alpha value is -1.18. The lowest BCUT2D eigenvalue weighted by Crippen LogP contribution is -2.04. The first-order valence-electron chi connectivity index (χ1n) is 3.61. The van der Waals surface area contributed by atoms with Crippen LogP contribution in [0.25, 0.3) is 0 Å². The van der Waals surface area contributed by atoms with E-state index >= 15 is 0 Å². The quantitative estimate of drug-likeness (QED) is 0.592. The van der Waals surface area contributed by atoms with Crippen LogP contribution in [0.3, 0.4) is 0 Å². The Morgan fingerprint density at radius 3 is 2.79 bits per heavy atom. The van der Waals surface area contributed by atoms with E-state index in [9.17, 15) is 4.79 Å². The molecule has 5 heteroatoms. The van der Waals surface area contributed by atoms with E-state index in [0.717, 1.165) is 0 Å². The number of rotatable bonds is 1. The second kappa shape index (κ2) is 4.36. The fraction of sp³-hybridized carbons (Fsp3) is 0.111. The van der Waals surface area contributed by atoms with Crippen LogP contribution < -0.4 is 0 Å². The van der Waals surface area contributed by atoms with Crippen molar-refractivity contribution in [3.63, 3.8) is 0 Å². The molecule has 0 atom stereocenters. The van der Waals surface area contributed by atoms with Crippen LogP contribution in [0.15, 0.2) is 17.0 Å². The summed E-state index contributed by atoms with van der Waals surface area (Å²) in [5.74, 6) is -0.575. The summed E-state index contributed by atoms with van der Waals surface area (Å²) in [6, 6.07) is 4.79. The monoisotopic (exact) mass is 227 g/mol. The Bertz CT molecular complexity index is 426. The van der Waals surface area contributed by atoms with Gasteiger partial charge in [0.2, 0.25) is 0 Å². The van der Waals surface area contributed by atoms with Crippen LogP contribution in [-0.4, -0.2) is 13.1 Å². The highest BCUT2D eigenvalue weighted by molar-refractivity contribution is 7.80. The third-order valence-electron chi connectivity index (χ3n) is 1.65. The standard InChI is InChI=1S/C9H6ClNO2S/c1-13-9(12)5-2-3-7(10)8(14)6(5)4-11/h2-3,14H,1H3. The molecule has 1 aromatic carbocycles. The van der Waals surface area contributed by atoms with Crippen molar-refractivity contribution >= 4 is 30.2 Å². The minimum absolute atomic E-state index is 0.132. The van der Waals surface area contributed by atoms with Crippen LogP contribution in [-0.2, 0) is 4.74 Å². The van der Waals surface area contributed by atoms with Gasteiger partial charge in [-0.1, -0.05) is 11.6 Å². The van der Waals surface area contributed by atoms with E-state index in [2.05, 4.69) is 17.4 Å². The molecule has 0 saturated heterocycles. The minimum atomic E-state index is -0.575. The molecule has 14 heavy (non-hydrogen) atoms. The lowest BCUT2D eigenvalue weighted by atomic mass is 10.1. The smallest absolute Gasteiger partial charge is 0.339 e. The van der Waals surface area contributed by atoms with Crippen molar-refractivity contribution in [3.8, 4) is 6.07 Å². The van der Waals surface area contributed by atoms with Crippen molar-refractivity contribution in [2.24, 2.45) is 0 Å². The van der Waals surface area contributed by atoms with Crippen LogP contribution in [0.4, 0.5) is 0 Å². The summed E-state index contributed by atoms with van der Waals surface area (Å²) < 4.78 is 4.51. The fourth-order valence-corrected chi connectivity index (χ4v) is 1.36. The van der Waals surface area contributed by atoms with Crippen LogP contribution in [0, 0.1) is 11.3 Å². The van der Waals surface area contributed by atoms with Crippen LogP contribution in [0.5, 0.6) is 0 Å². The molecule has 0 aliphatic carbocycles. The molecular weight excluding hydrogens is 222 g/mol. The number of hydrogen-bond acceptors (Lipinski definition) is 4. The number of thiol groups is 1. The van der Waals surface area contributed by atoms with Gasteiger partial charge in [-0.2, -0.15) is 5.26 Å². The number of carbonyl (C=O) groups excluding carboxylic acids is 1. The highest BCUT2D eigenvalue weighted by Crippen LogP contribution is 2.26. The lowest BCUT2D eigenvalue weighted by molar-refractivity contribution is 0.0600. The highest BCUT2D eigenvalue weighted by atomic mass is 35.5. The number of methoxy groups -OCH3 is 1. The molecule has 0 unspecified atom stereocenters. The van der Waals surface area contributed by atoms with E-state index in [-0.39, 0.29) is 16.0 Å². The molecule has 1 rings (SSSR count). The molecule has 72 valence electrons. The molecule has 0 heterocycles. The van der Waals surface area contributed by atoms with Gasteiger partial charge in [0.05, 0.1) is 23.3 Å². The SMILES string of the molecule is COC(=O)c1ccc(Cl)c(S)c1C#N. The lowest BCUT2D eigenvalue weighted by Gasteiger charge is -2.04. The van der Waals surface area contributed by atoms with Crippen LogP contribution in [0.1, 0.15) is 15.9 Å². The number of hydrogen-bond donors (Lipinski definition) is 1. The summed E-state index contributed by atoms with van der Waals surface area (Å²) >= 11 is 9.77. The van der Waals surface area contributed by atoms with Crippen molar-refractivity contribution in [2.75, 3.05) is 7.11 Å². The number of esters is 1. The normalized spacial score (nSPS) is 9.29. The Labute approximate surface area is 91.7 Å². The third kappa shape index (κ3) is 1.84. The van der Waals surface area contributed by atoms with Gasteiger partial charge in [-0.15, -0.1) is 12.6 Å². The van der Waals surface area contributed by atoms with Crippen molar-refractivity contribution in [1.82, 2.24) is 0 Å². The predicted molar refractivity (Wildman–Crippen MR) is 54.8 cm³/mol. The number of carbonyl (C=O) groups is 1. The summed E-state index contributed by atoms with van der Waals surface area (Å²) in [6.07, 6.45) is 0. The van der Waals surface area contributed by atoms with Crippen LogP contribution >= 0.6 is 24.2 Å². The molecule has 0 N–H and O–H groups in total. The average molecular weight is 228 g/mol. The number of ether oxygens (including phenoxy) is 1. The molecule has 0 aromatic heterocycles. The zero-order valence-electron chi connectivity index (χ0n) is 7.24. The maximum absolute atomic E-state index is 11.2. The molecule has 0 aliphatic heterocycles. The van der Waals surface area contributed by atoms with Gasteiger partial charge in [0.25, 0.3) is 0 Å². The summed E-state index contributed by atoms with van der Waals surface area (Å²) in [7, 11) is 1.25.